The van der Waals surface area contributed by atoms with Gasteiger partial charge in [-0.25, -0.2) is 0 Å². The van der Waals surface area contributed by atoms with Crippen LogP contribution in [0.5, 0.6) is 0 Å². The van der Waals surface area contributed by atoms with E-state index in [2.05, 4.69) is 20.9 Å². The van der Waals surface area contributed by atoms with E-state index in [0.717, 1.165) is 0 Å². The van der Waals surface area contributed by atoms with Gasteiger partial charge in [-0.3, -0.25) is 29.5 Å². The third-order valence-corrected chi connectivity index (χ3v) is 4.27. The van der Waals surface area contributed by atoms with E-state index in [9.17, 15) is 24.5 Å². The van der Waals surface area contributed by atoms with Gasteiger partial charge in [-0.1, -0.05) is 6.07 Å². The van der Waals surface area contributed by atoms with Gasteiger partial charge in [0.1, 0.15) is 0 Å². The highest BCUT2D eigenvalue weighted by atomic mass is 16.6. The van der Waals surface area contributed by atoms with E-state index >= 15 is 0 Å². The van der Waals surface area contributed by atoms with Crippen LogP contribution in [0.1, 0.15) is 24.2 Å². The van der Waals surface area contributed by atoms with Crippen molar-refractivity contribution in [3.05, 3.63) is 76.6 Å². The zero-order chi connectivity index (χ0) is 23.3. The fourth-order valence-electron chi connectivity index (χ4n) is 3.11. The van der Waals surface area contributed by atoms with E-state index in [1.54, 1.807) is 18.3 Å². The summed E-state index contributed by atoms with van der Waals surface area (Å²) in [4.78, 5) is 51.2. The molecule has 10 heteroatoms. The van der Waals surface area contributed by atoms with Crippen LogP contribution in [0, 0.1) is 10.1 Å². The normalized spacial score (nSPS) is 10.2. The molecule has 0 aliphatic carbocycles. The summed E-state index contributed by atoms with van der Waals surface area (Å²) in [6.45, 7) is 2.58. The average Bonchev–Trinajstić information content (AvgIpc) is 2.73. The van der Waals surface area contributed by atoms with Gasteiger partial charge in [0.05, 0.1) is 28.1 Å². The smallest absolute Gasteiger partial charge is 0.279 e. The van der Waals surface area contributed by atoms with E-state index < -0.39 is 16.7 Å². The number of nitrogens with one attached hydrogen (secondary N) is 3. The number of hydrogen-bond donors (Lipinski definition) is 3. The first-order valence-electron chi connectivity index (χ1n) is 9.44. The van der Waals surface area contributed by atoms with Gasteiger partial charge < -0.3 is 16.0 Å². The molecule has 1 heterocycles. The minimum atomic E-state index is -0.582. The van der Waals surface area contributed by atoms with Crippen molar-refractivity contribution in [3.63, 3.8) is 0 Å². The Bertz CT molecular complexity index is 1210. The van der Waals surface area contributed by atoms with E-state index in [-0.39, 0.29) is 39.7 Å². The molecule has 0 saturated carbocycles. The summed E-state index contributed by atoms with van der Waals surface area (Å²) in [5.74, 6) is -1.31. The molecular weight excluding hydrogens is 414 g/mol. The van der Waals surface area contributed by atoms with Crippen LogP contribution in [-0.2, 0) is 9.59 Å². The number of amides is 3. The summed E-state index contributed by atoms with van der Waals surface area (Å²) < 4.78 is 0. The maximum atomic E-state index is 12.9. The molecule has 2 aromatic carbocycles. The van der Waals surface area contributed by atoms with E-state index in [4.69, 9.17) is 0 Å². The number of rotatable bonds is 6. The van der Waals surface area contributed by atoms with E-state index in [1.807, 2.05) is 0 Å². The summed E-state index contributed by atoms with van der Waals surface area (Å²) >= 11 is 0. The summed E-state index contributed by atoms with van der Waals surface area (Å²) in [6, 6.07) is 12.0. The molecule has 3 aromatic rings. The van der Waals surface area contributed by atoms with Gasteiger partial charge in [-0.2, -0.15) is 0 Å². The van der Waals surface area contributed by atoms with Crippen molar-refractivity contribution in [1.29, 1.82) is 0 Å². The van der Waals surface area contributed by atoms with Crippen LogP contribution in [0.3, 0.4) is 0 Å². The number of aromatic nitrogens is 1. The summed E-state index contributed by atoms with van der Waals surface area (Å²) in [5.41, 5.74) is 1.16. The molecule has 0 atom stereocenters. The third-order valence-electron chi connectivity index (χ3n) is 4.27. The minimum absolute atomic E-state index is 0.107. The number of anilines is 3. The Morgan fingerprint density at radius 1 is 0.906 bits per heavy atom. The highest BCUT2D eigenvalue weighted by molar-refractivity contribution is 6.07. The van der Waals surface area contributed by atoms with Crippen LogP contribution in [-0.4, -0.2) is 27.6 Å². The predicted molar refractivity (Wildman–Crippen MR) is 119 cm³/mol. The fraction of sp³-hybridized carbons (Fsp3) is 0.0909. The van der Waals surface area contributed by atoms with Gasteiger partial charge >= 0.3 is 0 Å². The van der Waals surface area contributed by atoms with Gasteiger partial charge in [0.25, 0.3) is 11.6 Å². The van der Waals surface area contributed by atoms with Crippen molar-refractivity contribution in [3.8, 4) is 11.1 Å². The second-order valence-corrected chi connectivity index (χ2v) is 6.81. The highest BCUT2D eigenvalue weighted by Gasteiger charge is 2.22. The lowest BCUT2D eigenvalue weighted by atomic mass is 9.98. The molecule has 3 N–H and O–H groups in total. The van der Waals surface area contributed by atoms with Gasteiger partial charge in [0, 0.05) is 37.4 Å². The number of nitro groups is 1. The van der Waals surface area contributed by atoms with Gasteiger partial charge in [0.2, 0.25) is 11.8 Å². The molecule has 3 amide bonds. The molecule has 0 radical (unpaired) electrons. The molecule has 0 saturated heterocycles. The molecule has 0 bridgehead atoms. The van der Waals surface area contributed by atoms with Crippen LogP contribution in [0.4, 0.5) is 22.7 Å². The molecular formula is C22H19N5O5. The van der Waals surface area contributed by atoms with Crippen molar-refractivity contribution >= 4 is 40.5 Å². The topological polar surface area (TPSA) is 143 Å². The van der Waals surface area contributed by atoms with Crippen LogP contribution < -0.4 is 16.0 Å². The summed E-state index contributed by atoms with van der Waals surface area (Å²) in [6.07, 6.45) is 3.02. The van der Waals surface area contributed by atoms with Crippen LogP contribution in [0.25, 0.3) is 11.1 Å². The number of nitro benzene ring substituents is 1. The first-order chi connectivity index (χ1) is 15.2. The molecule has 162 valence electrons. The Kier molecular flexibility index (Phi) is 6.54. The Morgan fingerprint density at radius 3 is 2.28 bits per heavy atom. The maximum Gasteiger partial charge on any atom is 0.279 e. The molecule has 0 aliphatic rings. The quantitative estimate of drug-likeness (QED) is 0.398. The Labute approximate surface area is 182 Å². The van der Waals surface area contributed by atoms with E-state index in [0.29, 0.717) is 5.69 Å². The van der Waals surface area contributed by atoms with Crippen molar-refractivity contribution < 1.29 is 19.3 Å². The van der Waals surface area contributed by atoms with Crippen LogP contribution in [0.15, 0.2) is 60.9 Å². The largest absolute Gasteiger partial charge is 0.326 e. The fourth-order valence-corrected chi connectivity index (χ4v) is 3.11. The molecule has 0 aliphatic heterocycles. The molecule has 3 rings (SSSR count). The van der Waals surface area contributed by atoms with E-state index in [1.165, 1.54) is 56.4 Å². The van der Waals surface area contributed by atoms with Crippen molar-refractivity contribution in [2.24, 2.45) is 0 Å². The number of carbonyl (C=O) groups is 3. The maximum absolute atomic E-state index is 12.9. The zero-order valence-corrected chi connectivity index (χ0v) is 17.2. The Balaban J connectivity index is 2.17. The Morgan fingerprint density at radius 2 is 1.66 bits per heavy atom. The van der Waals surface area contributed by atoms with Crippen molar-refractivity contribution in [1.82, 2.24) is 4.98 Å². The van der Waals surface area contributed by atoms with Gasteiger partial charge in [-0.05, 0) is 42.0 Å². The second-order valence-electron chi connectivity index (χ2n) is 6.81. The monoisotopic (exact) mass is 433 g/mol. The average molecular weight is 433 g/mol. The first-order valence-corrected chi connectivity index (χ1v) is 9.44. The molecule has 32 heavy (non-hydrogen) atoms. The molecule has 0 unspecified atom stereocenters. The van der Waals surface area contributed by atoms with Crippen LogP contribution in [0.2, 0.25) is 0 Å². The minimum Gasteiger partial charge on any atom is -0.326 e. The standard InChI is InChI=1S/C22H19N5O5/c1-13(28)24-18-10-15(9-16(11-18)22(30)26-17-5-4-8-23-12-17)21-19(25-14(2)29)6-3-7-20(21)27(31)32/h3-12H,1-2H3,(H,24,28)(H,25,29)(H,26,30). The van der Waals surface area contributed by atoms with Crippen LogP contribution >= 0.6 is 0 Å². The van der Waals surface area contributed by atoms with Gasteiger partial charge in [-0.15, -0.1) is 0 Å². The van der Waals surface area contributed by atoms with Crippen molar-refractivity contribution in [2.45, 2.75) is 13.8 Å². The number of benzene rings is 2. The number of hydrogen-bond acceptors (Lipinski definition) is 6. The SMILES string of the molecule is CC(=O)Nc1cc(C(=O)Nc2cccnc2)cc(-c2c(NC(C)=O)cccc2[N+](=O)[O-])c1. The molecule has 0 spiro atoms. The molecule has 10 nitrogen and oxygen atoms in total. The predicted octanol–water partition coefficient (Wildman–Crippen LogP) is 3.83. The van der Waals surface area contributed by atoms with Gasteiger partial charge in [0.15, 0.2) is 0 Å². The zero-order valence-electron chi connectivity index (χ0n) is 17.2. The summed E-state index contributed by atoms with van der Waals surface area (Å²) in [5, 5.41) is 19.5. The first kappa shape index (κ1) is 22.1. The number of nitrogens with zero attached hydrogens (tertiary/aromatic N) is 2. The third kappa shape index (κ3) is 5.30. The molecule has 0 fully saturated rings. The lowest BCUT2D eigenvalue weighted by molar-refractivity contribution is -0.384. The lowest BCUT2D eigenvalue weighted by Gasteiger charge is -2.14. The number of pyridine rings is 1. The summed E-state index contributed by atoms with van der Waals surface area (Å²) in [7, 11) is 0. The second kappa shape index (κ2) is 9.47. The highest BCUT2D eigenvalue weighted by Crippen LogP contribution is 2.38. The van der Waals surface area contributed by atoms with Crippen molar-refractivity contribution in [2.75, 3.05) is 16.0 Å². The number of carbonyl (C=O) groups excluding carboxylic acids is 3. The lowest BCUT2D eigenvalue weighted by Crippen LogP contribution is -2.14. The molecule has 1 aromatic heterocycles. The Hall–Kier alpha value is -4.60.